The predicted octanol–water partition coefficient (Wildman–Crippen LogP) is 6.53. The maximum Gasteiger partial charge on any atom is 0.265 e. The van der Waals surface area contributed by atoms with Gasteiger partial charge in [-0.3, -0.25) is 9.59 Å². The molecule has 1 amide bonds. The minimum Gasteiger partial charge on any atom is -0.473 e. The smallest absolute Gasteiger partial charge is 0.265 e. The Hall–Kier alpha value is -3.57. The lowest BCUT2D eigenvalue weighted by molar-refractivity contribution is -0.122. The van der Waals surface area contributed by atoms with Crippen LogP contribution in [-0.4, -0.2) is 12.0 Å². The van der Waals surface area contributed by atoms with E-state index >= 15 is 0 Å². The summed E-state index contributed by atoms with van der Waals surface area (Å²) in [4.78, 5) is 26.5. The second-order valence-corrected chi connectivity index (χ2v) is 8.30. The van der Waals surface area contributed by atoms with Gasteiger partial charge < -0.3 is 14.5 Å². The molecular weight excluding hydrogens is 438 g/mol. The van der Waals surface area contributed by atoms with Gasteiger partial charge in [0.05, 0.1) is 10.4 Å². The molecule has 5 nitrogen and oxygen atoms in total. The van der Waals surface area contributed by atoms with Crippen LogP contribution in [0, 0.1) is 13.8 Å². The summed E-state index contributed by atoms with van der Waals surface area (Å²) in [7, 11) is 0. The fourth-order valence-electron chi connectivity index (χ4n) is 3.69. The lowest BCUT2D eigenvalue weighted by Gasteiger charge is -2.20. The van der Waals surface area contributed by atoms with Gasteiger partial charge in [-0.2, -0.15) is 0 Å². The molecule has 33 heavy (non-hydrogen) atoms. The van der Waals surface area contributed by atoms with Crippen molar-refractivity contribution in [1.82, 2.24) is 0 Å². The molecule has 0 radical (unpaired) electrons. The second kappa shape index (κ2) is 9.51. The highest BCUT2D eigenvalue weighted by molar-refractivity contribution is 6.33. The molecule has 1 unspecified atom stereocenters. The van der Waals surface area contributed by atoms with Crippen molar-refractivity contribution < 1.29 is 13.9 Å². The van der Waals surface area contributed by atoms with Crippen molar-refractivity contribution in [2.24, 2.45) is 0 Å². The van der Waals surface area contributed by atoms with Crippen molar-refractivity contribution in [3.63, 3.8) is 0 Å². The molecule has 0 saturated heterocycles. The van der Waals surface area contributed by atoms with Gasteiger partial charge in [0.1, 0.15) is 5.58 Å². The molecule has 4 aromatic rings. The Morgan fingerprint density at radius 2 is 1.79 bits per heavy atom. The highest BCUT2D eigenvalue weighted by Gasteiger charge is 2.26. The molecule has 1 heterocycles. The molecule has 168 valence electrons. The van der Waals surface area contributed by atoms with Crippen molar-refractivity contribution in [3.8, 4) is 17.1 Å². The third-order valence-corrected chi connectivity index (χ3v) is 5.77. The molecule has 0 aliphatic heterocycles. The topological polar surface area (TPSA) is 68.5 Å². The number of hydrogen-bond acceptors (Lipinski definition) is 4. The van der Waals surface area contributed by atoms with Crippen LogP contribution in [0.25, 0.3) is 22.3 Å². The van der Waals surface area contributed by atoms with Gasteiger partial charge in [0.25, 0.3) is 5.91 Å². The third kappa shape index (κ3) is 4.64. The lowest BCUT2D eigenvalue weighted by atomic mass is 10.1. The number of hydrogen-bond donors (Lipinski definition) is 1. The van der Waals surface area contributed by atoms with Crippen LogP contribution in [-0.2, 0) is 4.79 Å². The molecule has 0 fully saturated rings. The molecule has 1 aromatic heterocycles. The molecule has 4 rings (SSSR count). The maximum atomic E-state index is 13.4. The number of benzene rings is 3. The Kier molecular flexibility index (Phi) is 6.52. The van der Waals surface area contributed by atoms with E-state index in [4.69, 9.17) is 20.8 Å². The van der Waals surface area contributed by atoms with E-state index in [1.165, 1.54) is 0 Å². The average molecular weight is 462 g/mol. The van der Waals surface area contributed by atoms with Crippen LogP contribution in [0.2, 0.25) is 5.02 Å². The standard InChI is InChI=1S/C27H24ClNO4/c1-4-22(27(31)29-21-14-13-16(2)15-17(21)3)32-26-24(30)19-10-6-8-12-23(19)33-25(26)18-9-5-7-11-20(18)28/h5-15,22H,4H2,1-3H3,(H,29,31). The van der Waals surface area contributed by atoms with Crippen LogP contribution in [0.5, 0.6) is 5.75 Å². The third-order valence-electron chi connectivity index (χ3n) is 5.44. The van der Waals surface area contributed by atoms with Crippen molar-refractivity contribution in [2.75, 3.05) is 5.32 Å². The Morgan fingerprint density at radius 1 is 1.06 bits per heavy atom. The van der Waals surface area contributed by atoms with E-state index in [9.17, 15) is 9.59 Å². The van der Waals surface area contributed by atoms with Gasteiger partial charge in [0.15, 0.2) is 11.9 Å². The monoisotopic (exact) mass is 461 g/mol. The van der Waals surface area contributed by atoms with Gasteiger partial charge in [0, 0.05) is 11.3 Å². The van der Waals surface area contributed by atoms with Crippen LogP contribution in [0.4, 0.5) is 5.69 Å². The zero-order valence-corrected chi connectivity index (χ0v) is 19.4. The summed E-state index contributed by atoms with van der Waals surface area (Å²) in [5, 5.41) is 3.69. The number of anilines is 1. The molecule has 1 atom stereocenters. The molecule has 6 heteroatoms. The van der Waals surface area contributed by atoms with Gasteiger partial charge >= 0.3 is 0 Å². The molecule has 0 spiro atoms. The number of halogens is 1. The van der Waals surface area contributed by atoms with E-state index in [0.29, 0.717) is 33.7 Å². The van der Waals surface area contributed by atoms with E-state index in [-0.39, 0.29) is 22.8 Å². The first-order chi connectivity index (χ1) is 15.9. The van der Waals surface area contributed by atoms with Gasteiger partial charge in [-0.05, 0) is 56.2 Å². The molecule has 0 aliphatic rings. The summed E-state index contributed by atoms with van der Waals surface area (Å²) in [5.74, 6) is -0.186. The molecule has 0 bridgehead atoms. The average Bonchev–Trinajstić information content (AvgIpc) is 2.80. The second-order valence-electron chi connectivity index (χ2n) is 7.89. The molecule has 1 N–H and O–H groups in total. The number of fused-ring (bicyclic) bond motifs is 1. The summed E-state index contributed by atoms with van der Waals surface area (Å²) in [6, 6.07) is 19.7. The van der Waals surface area contributed by atoms with Crippen LogP contribution in [0.1, 0.15) is 24.5 Å². The van der Waals surface area contributed by atoms with E-state index < -0.39 is 6.10 Å². The summed E-state index contributed by atoms with van der Waals surface area (Å²) in [6.45, 7) is 5.74. The summed E-state index contributed by atoms with van der Waals surface area (Å²) >= 11 is 6.41. The summed E-state index contributed by atoms with van der Waals surface area (Å²) < 4.78 is 12.1. The predicted molar refractivity (Wildman–Crippen MR) is 132 cm³/mol. The van der Waals surface area contributed by atoms with Crippen LogP contribution >= 0.6 is 11.6 Å². The first-order valence-electron chi connectivity index (χ1n) is 10.7. The largest absolute Gasteiger partial charge is 0.473 e. The first kappa shape index (κ1) is 22.6. The number of aryl methyl sites for hydroxylation is 2. The fraction of sp³-hybridized carbons (Fsp3) is 0.185. The Labute approximate surface area is 197 Å². The highest BCUT2D eigenvalue weighted by Crippen LogP contribution is 2.35. The van der Waals surface area contributed by atoms with Crippen LogP contribution in [0.15, 0.2) is 75.9 Å². The quantitative estimate of drug-likeness (QED) is 0.354. The van der Waals surface area contributed by atoms with Gasteiger partial charge in [-0.15, -0.1) is 0 Å². The molecule has 0 saturated carbocycles. The number of carbonyl (C=O) groups excluding carboxylic acids is 1. The minimum atomic E-state index is -0.906. The van der Waals surface area contributed by atoms with Crippen molar-refractivity contribution >= 4 is 34.2 Å². The van der Waals surface area contributed by atoms with Crippen LogP contribution in [0.3, 0.4) is 0 Å². The van der Waals surface area contributed by atoms with E-state index in [1.54, 1.807) is 48.5 Å². The normalized spacial score (nSPS) is 11.9. The number of carbonyl (C=O) groups is 1. The van der Waals surface area contributed by atoms with Crippen molar-refractivity contribution in [2.45, 2.75) is 33.3 Å². The van der Waals surface area contributed by atoms with Crippen molar-refractivity contribution in [3.05, 3.63) is 93.1 Å². The minimum absolute atomic E-state index is 0.0376. The van der Waals surface area contributed by atoms with Crippen molar-refractivity contribution in [1.29, 1.82) is 0 Å². The molecule has 3 aromatic carbocycles. The zero-order chi connectivity index (χ0) is 23.5. The Morgan fingerprint density at radius 3 is 2.52 bits per heavy atom. The van der Waals surface area contributed by atoms with E-state index in [0.717, 1.165) is 11.1 Å². The maximum absolute atomic E-state index is 13.4. The summed E-state index contributed by atoms with van der Waals surface area (Å²) in [5.41, 5.74) is 3.32. The van der Waals surface area contributed by atoms with E-state index in [1.807, 2.05) is 39.0 Å². The summed E-state index contributed by atoms with van der Waals surface area (Å²) in [6.07, 6.45) is -0.554. The SMILES string of the molecule is CCC(Oc1c(-c2ccccc2Cl)oc2ccccc2c1=O)C(=O)Nc1ccc(C)cc1C. The number of para-hydroxylation sites is 1. The molecular formula is C27H24ClNO4. The molecule has 0 aliphatic carbocycles. The Bertz CT molecular complexity index is 1390. The van der Waals surface area contributed by atoms with Crippen LogP contribution < -0.4 is 15.5 Å². The van der Waals surface area contributed by atoms with Gasteiger partial charge in [-0.25, -0.2) is 0 Å². The van der Waals surface area contributed by atoms with E-state index in [2.05, 4.69) is 5.32 Å². The van der Waals surface area contributed by atoms with Gasteiger partial charge in [-0.1, -0.05) is 60.5 Å². The number of nitrogens with one attached hydrogen (secondary N) is 1. The Balaban J connectivity index is 1.77. The first-order valence-corrected chi connectivity index (χ1v) is 11.1. The zero-order valence-electron chi connectivity index (χ0n) is 18.6. The number of amides is 1. The number of rotatable bonds is 6. The highest BCUT2D eigenvalue weighted by atomic mass is 35.5. The lowest BCUT2D eigenvalue weighted by Crippen LogP contribution is -2.34. The fourth-order valence-corrected chi connectivity index (χ4v) is 3.91. The van der Waals surface area contributed by atoms with Gasteiger partial charge in [0.2, 0.25) is 11.2 Å². The number of ether oxygens (including phenoxy) is 1.